The number of anilines is 1. The Bertz CT molecular complexity index is 1480. The van der Waals surface area contributed by atoms with Gasteiger partial charge in [0.2, 0.25) is 0 Å². The maximum atomic E-state index is 14.6. The van der Waals surface area contributed by atoms with E-state index in [4.69, 9.17) is 22.1 Å². The molecule has 2 saturated heterocycles. The largest absolute Gasteiger partial charge is 0.374 e. The molecule has 214 valence electrons. The van der Waals surface area contributed by atoms with Crippen molar-refractivity contribution in [3.8, 4) is 0 Å². The van der Waals surface area contributed by atoms with E-state index in [9.17, 15) is 9.18 Å². The fraction of sp³-hybridized carbons (Fsp3) is 0.414. The second kappa shape index (κ2) is 10.9. The smallest absolute Gasteiger partial charge is 0.257 e. The van der Waals surface area contributed by atoms with Crippen LogP contribution in [0, 0.1) is 5.41 Å². The third-order valence-corrected chi connectivity index (χ3v) is 9.89. The van der Waals surface area contributed by atoms with Crippen molar-refractivity contribution in [3.05, 3.63) is 64.7 Å². The molecule has 12 heteroatoms. The zero-order chi connectivity index (χ0) is 28.8. The molecule has 41 heavy (non-hydrogen) atoms. The van der Waals surface area contributed by atoms with Crippen molar-refractivity contribution in [3.63, 3.8) is 0 Å². The van der Waals surface area contributed by atoms with Gasteiger partial charge < -0.3 is 20.3 Å². The number of aliphatic imine (C=N–C) groups is 1. The average Bonchev–Trinajstić information content (AvgIpc) is 3.24. The van der Waals surface area contributed by atoms with Crippen LogP contribution in [0.15, 0.2) is 57.8 Å². The molecule has 6 rings (SSSR count). The highest BCUT2D eigenvalue weighted by Gasteiger charge is 2.46. The first-order chi connectivity index (χ1) is 19.7. The van der Waals surface area contributed by atoms with E-state index in [1.54, 1.807) is 24.5 Å². The summed E-state index contributed by atoms with van der Waals surface area (Å²) < 4.78 is 19.6. The van der Waals surface area contributed by atoms with Crippen molar-refractivity contribution in [1.29, 1.82) is 0 Å². The second-order valence-corrected chi connectivity index (χ2v) is 12.5. The summed E-state index contributed by atoms with van der Waals surface area (Å²) >= 11 is 8.01. The number of piperidine rings is 1. The summed E-state index contributed by atoms with van der Waals surface area (Å²) in [7, 11) is 1.54. The Labute approximate surface area is 247 Å². The molecule has 0 radical (unpaired) electrons. The van der Waals surface area contributed by atoms with E-state index in [1.807, 2.05) is 12.3 Å². The number of amides is 1. The van der Waals surface area contributed by atoms with Crippen molar-refractivity contribution >= 4 is 47.5 Å². The summed E-state index contributed by atoms with van der Waals surface area (Å²) in [6.45, 7) is 5.08. The number of alkyl halides is 1. The Balaban J connectivity index is 1.13. The third-order valence-electron chi connectivity index (χ3n) is 8.41. The number of benzene rings is 1. The second-order valence-electron chi connectivity index (χ2n) is 11.1. The number of fused-ring (bicyclic) bond motifs is 1. The number of hydrogen-bond acceptors (Lipinski definition) is 9. The maximum Gasteiger partial charge on any atom is 0.257 e. The summed E-state index contributed by atoms with van der Waals surface area (Å²) in [5.41, 5.74) is 7.98. The monoisotopic (exact) mass is 595 g/mol. The molecule has 3 aromatic rings. The molecule has 4 heterocycles. The van der Waals surface area contributed by atoms with Crippen LogP contribution in [0.5, 0.6) is 0 Å². The number of carbonyl (C=O) groups is 1. The standard InChI is InChI=1S/C29H31ClFN7O2S/c1-33-19-5-6-21(25(30)24(19)27(39)37(2)15-29(31)16-40-17-29)41-23-14-35-22(13-36-23)38-10-7-28(8-11-38)12-20-18(26(28)32)4-3-9-34-20/h3-6,9,13-14,26H,1,7-8,10-12,15-17,32H2,2H3/t26-/m1/s1. The molecule has 1 amide bonds. The normalized spacial score (nSPS) is 20.4. The number of nitrogens with zero attached hydrogens (tertiary/aromatic N) is 6. The zero-order valence-electron chi connectivity index (χ0n) is 22.7. The lowest BCUT2D eigenvalue weighted by molar-refractivity contribution is -0.135. The molecule has 1 spiro atoms. The fourth-order valence-electron chi connectivity index (χ4n) is 6.02. The van der Waals surface area contributed by atoms with Crippen LogP contribution in [-0.4, -0.2) is 78.0 Å². The number of rotatable bonds is 7. The molecule has 2 aliphatic heterocycles. The number of nitrogens with two attached hydrogens (primary N) is 1. The topological polar surface area (TPSA) is 110 Å². The molecule has 9 nitrogen and oxygen atoms in total. The molecular weight excluding hydrogens is 565 g/mol. The molecule has 1 atom stereocenters. The van der Waals surface area contributed by atoms with E-state index in [-0.39, 0.29) is 41.8 Å². The van der Waals surface area contributed by atoms with Gasteiger partial charge in [-0.15, -0.1) is 0 Å². The quantitative estimate of drug-likeness (QED) is 0.393. The van der Waals surface area contributed by atoms with Crippen LogP contribution in [0.2, 0.25) is 5.02 Å². The summed E-state index contributed by atoms with van der Waals surface area (Å²) in [6.07, 6.45) is 8.16. The predicted octanol–water partition coefficient (Wildman–Crippen LogP) is 4.66. The first-order valence-corrected chi connectivity index (χ1v) is 14.7. The van der Waals surface area contributed by atoms with E-state index in [1.165, 1.54) is 29.3 Å². The number of ether oxygens (including phenoxy) is 1. The molecule has 0 unspecified atom stereocenters. The average molecular weight is 596 g/mol. The molecule has 2 fully saturated rings. The van der Waals surface area contributed by atoms with Crippen LogP contribution < -0.4 is 10.6 Å². The number of halogens is 2. The molecular formula is C29H31ClFN7O2S. The van der Waals surface area contributed by atoms with Crippen LogP contribution in [0.25, 0.3) is 0 Å². The van der Waals surface area contributed by atoms with E-state index in [0.29, 0.717) is 15.6 Å². The highest BCUT2D eigenvalue weighted by molar-refractivity contribution is 7.99. The zero-order valence-corrected chi connectivity index (χ0v) is 24.3. The Hall–Kier alpha value is -3.12. The fourth-order valence-corrected chi connectivity index (χ4v) is 7.15. The summed E-state index contributed by atoms with van der Waals surface area (Å²) in [4.78, 5) is 35.2. The highest BCUT2D eigenvalue weighted by Crippen LogP contribution is 2.50. The SMILES string of the molecule is C=Nc1ccc(Sc2cnc(N3CCC4(CC3)Cc3ncccc3[C@H]4N)cn2)c(Cl)c1C(=O)N(C)CC1(F)COC1. The van der Waals surface area contributed by atoms with E-state index >= 15 is 0 Å². The van der Waals surface area contributed by atoms with Crippen LogP contribution in [0.1, 0.15) is 40.5 Å². The van der Waals surface area contributed by atoms with Crippen molar-refractivity contribution in [1.82, 2.24) is 19.9 Å². The van der Waals surface area contributed by atoms with Gasteiger partial charge in [-0.25, -0.2) is 14.4 Å². The third kappa shape index (κ3) is 5.20. The summed E-state index contributed by atoms with van der Waals surface area (Å²) in [5.74, 6) is 0.371. The summed E-state index contributed by atoms with van der Waals surface area (Å²) in [5, 5.41) is 0.842. The van der Waals surface area contributed by atoms with E-state index < -0.39 is 11.6 Å². The molecule has 2 N–H and O–H groups in total. The highest BCUT2D eigenvalue weighted by atomic mass is 35.5. The van der Waals surface area contributed by atoms with E-state index in [0.717, 1.165) is 43.9 Å². The number of pyridine rings is 1. The van der Waals surface area contributed by atoms with Crippen LogP contribution in [0.3, 0.4) is 0 Å². The van der Waals surface area contributed by atoms with Crippen LogP contribution >= 0.6 is 23.4 Å². The van der Waals surface area contributed by atoms with Crippen molar-refractivity contribution < 1.29 is 13.9 Å². The Kier molecular flexibility index (Phi) is 7.48. The first kappa shape index (κ1) is 28.0. The van der Waals surface area contributed by atoms with Crippen molar-refractivity contribution in [2.45, 2.75) is 40.9 Å². The first-order valence-electron chi connectivity index (χ1n) is 13.5. The van der Waals surface area contributed by atoms with Gasteiger partial charge in [0.1, 0.15) is 10.8 Å². The minimum atomic E-state index is -1.55. The Morgan fingerprint density at radius 2 is 2.05 bits per heavy atom. The Morgan fingerprint density at radius 1 is 1.27 bits per heavy atom. The molecule has 3 aliphatic rings. The van der Waals surface area contributed by atoms with Crippen molar-refractivity contribution in [2.24, 2.45) is 16.1 Å². The maximum absolute atomic E-state index is 14.6. The Morgan fingerprint density at radius 3 is 2.68 bits per heavy atom. The van der Waals surface area contributed by atoms with Gasteiger partial charge >= 0.3 is 0 Å². The van der Waals surface area contributed by atoms with Crippen LogP contribution in [-0.2, 0) is 11.2 Å². The number of hydrogen-bond donors (Lipinski definition) is 1. The lowest BCUT2D eigenvalue weighted by Gasteiger charge is -2.42. The predicted molar refractivity (Wildman–Crippen MR) is 157 cm³/mol. The van der Waals surface area contributed by atoms with Gasteiger partial charge in [-0.05, 0) is 55.2 Å². The van der Waals surface area contributed by atoms with Gasteiger partial charge in [0.15, 0.2) is 5.67 Å². The van der Waals surface area contributed by atoms with Gasteiger partial charge in [0, 0.05) is 43.0 Å². The minimum Gasteiger partial charge on any atom is -0.374 e. The van der Waals surface area contributed by atoms with Gasteiger partial charge in [0.05, 0.1) is 48.4 Å². The lowest BCUT2D eigenvalue weighted by Crippen LogP contribution is -2.54. The number of aromatic nitrogens is 3. The lowest BCUT2D eigenvalue weighted by atomic mass is 9.73. The number of carbonyl (C=O) groups excluding carboxylic acids is 1. The van der Waals surface area contributed by atoms with Gasteiger partial charge in [0.25, 0.3) is 5.91 Å². The molecule has 0 saturated carbocycles. The minimum absolute atomic E-state index is 0.00695. The molecule has 2 aromatic heterocycles. The van der Waals surface area contributed by atoms with Gasteiger partial charge in [-0.1, -0.05) is 29.4 Å². The van der Waals surface area contributed by atoms with E-state index in [2.05, 4.69) is 37.6 Å². The molecule has 1 aromatic carbocycles. The molecule has 0 bridgehead atoms. The van der Waals surface area contributed by atoms with Crippen LogP contribution in [0.4, 0.5) is 15.9 Å². The van der Waals surface area contributed by atoms with Gasteiger partial charge in [-0.3, -0.25) is 14.8 Å². The molecule has 1 aliphatic carbocycles. The summed E-state index contributed by atoms with van der Waals surface area (Å²) in [6, 6.07) is 7.51. The van der Waals surface area contributed by atoms with Crippen molar-refractivity contribution in [2.75, 3.05) is 44.8 Å². The van der Waals surface area contributed by atoms with Gasteiger partial charge in [-0.2, -0.15) is 0 Å².